The van der Waals surface area contributed by atoms with Gasteiger partial charge in [-0.25, -0.2) is 4.98 Å². The maximum absolute atomic E-state index is 9.76. The maximum atomic E-state index is 9.76. The lowest BCUT2D eigenvalue weighted by Crippen LogP contribution is -1.89. The standard InChI is InChI=1S/C16H14N2O/c19-15-9-5-4-8-13(15)10-14-11-17-16(18-14)12-6-2-1-3-7-12/h1-9,11,19H,10H2,(H,17,18). The van der Waals surface area contributed by atoms with Gasteiger partial charge < -0.3 is 10.1 Å². The van der Waals surface area contributed by atoms with Gasteiger partial charge in [0.2, 0.25) is 0 Å². The number of hydrogen-bond acceptors (Lipinski definition) is 2. The van der Waals surface area contributed by atoms with Crippen LogP contribution < -0.4 is 0 Å². The van der Waals surface area contributed by atoms with Crippen molar-refractivity contribution in [1.82, 2.24) is 9.97 Å². The second kappa shape index (κ2) is 4.98. The number of aromatic nitrogens is 2. The van der Waals surface area contributed by atoms with Gasteiger partial charge in [0.25, 0.3) is 0 Å². The number of phenols is 1. The summed E-state index contributed by atoms with van der Waals surface area (Å²) in [5, 5.41) is 9.76. The summed E-state index contributed by atoms with van der Waals surface area (Å²) in [6, 6.07) is 17.3. The summed E-state index contributed by atoms with van der Waals surface area (Å²) in [4.78, 5) is 7.66. The minimum atomic E-state index is 0.318. The highest BCUT2D eigenvalue weighted by atomic mass is 16.3. The monoisotopic (exact) mass is 250 g/mol. The molecule has 0 unspecified atom stereocenters. The number of benzene rings is 2. The van der Waals surface area contributed by atoms with Gasteiger partial charge in [-0.2, -0.15) is 0 Å². The van der Waals surface area contributed by atoms with Crippen LogP contribution in [0.4, 0.5) is 0 Å². The largest absolute Gasteiger partial charge is 0.508 e. The van der Waals surface area contributed by atoms with Crippen LogP contribution in [0.25, 0.3) is 11.4 Å². The summed E-state index contributed by atoms with van der Waals surface area (Å²) >= 11 is 0. The Bertz CT molecular complexity index is 674. The average molecular weight is 250 g/mol. The van der Waals surface area contributed by atoms with Crippen LogP contribution in [-0.4, -0.2) is 15.1 Å². The Balaban J connectivity index is 1.85. The summed E-state index contributed by atoms with van der Waals surface area (Å²) < 4.78 is 0. The Labute approximate surface area is 111 Å². The van der Waals surface area contributed by atoms with Crippen molar-refractivity contribution in [3.8, 4) is 17.1 Å². The lowest BCUT2D eigenvalue weighted by Gasteiger charge is -2.01. The number of aromatic amines is 1. The predicted molar refractivity (Wildman–Crippen MR) is 74.9 cm³/mol. The zero-order valence-electron chi connectivity index (χ0n) is 10.4. The molecule has 0 bridgehead atoms. The van der Waals surface area contributed by atoms with E-state index in [1.54, 1.807) is 6.07 Å². The molecule has 0 amide bonds. The fraction of sp³-hybridized carbons (Fsp3) is 0.0625. The van der Waals surface area contributed by atoms with Crippen molar-refractivity contribution < 1.29 is 5.11 Å². The van der Waals surface area contributed by atoms with E-state index in [0.717, 1.165) is 22.6 Å². The Morgan fingerprint density at radius 2 is 1.68 bits per heavy atom. The van der Waals surface area contributed by atoms with Crippen LogP contribution in [-0.2, 0) is 6.42 Å². The molecular formula is C16H14N2O. The van der Waals surface area contributed by atoms with Crippen LogP contribution in [0.15, 0.2) is 60.8 Å². The molecule has 1 heterocycles. The van der Waals surface area contributed by atoms with Crippen LogP contribution in [0.3, 0.4) is 0 Å². The van der Waals surface area contributed by atoms with E-state index in [1.807, 2.05) is 54.7 Å². The van der Waals surface area contributed by atoms with E-state index in [2.05, 4.69) is 9.97 Å². The van der Waals surface area contributed by atoms with Crippen LogP contribution in [0.2, 0.25) is 0 Å². The zero-order valence-corrected chi connectivity index (χ0v) is 10.4. The fourth-order valence-corrected chi connectivity index (χ4v) is 2.06. The molecule has 0 aliphatic rings. The van der Waals surface area contributed by atoms with Gasteiger partial charge >= 0.3 is 0 Å². The molecule has 3 heteroatoms. The quantitative estimate of drug-likeness (QED) is 0.748. The number of nitrogens with one attached hydrogen (secondary N) is 1. The van der Waals surface area contributed by atoms with Gasteiger partial charge in [0.15, 0.2) is 0 Å². The molecule has 0 aliphatic carbocycles. The summed E-state index contributed by atoms with van der Waals surface area (Å²) in [6.07, 6.45) is 2.46. The molecule has 0 aliphatic heterocycles. The van der Waals surface area contributed by atoms with Gasteiger partial charge in [0, 0.05) is 23.9 Å². The lowest BCUT2D eigenvalue weighted by molar-refractivity contribution is 0.469. The van der Waals surface area contributed by atoms with Crippen molar-refractivity contribution in [3.63, 3.8) is 0 Å². The summed E-state index contributed by atoms with van der Waals surface area (Å²) in [5.41, 5.74) is 2.94. The van der Waals surface area contributed by atoms with Crippen molar-refractivity contribution in [1.29, 1.82) is 0 Å². The molecule has 3 aromatic rings. The van der Waals surface area contributed by atoms with E-state index < -0.39 is 0 Å². The predicted octanol–water partition coefficient (Wildman–Crippen LogP) is 3.37. The normalized spacial score (nSPS) is 10.5. The minimum absolute atomic E-state index is 0.318. The molecule has 1 aromatic heterocycles. The number of nitrogens with zero attached hydrogens (tertiary/aromatic N) is 1. The van der Waals surface area contributed by atoms with E-state index in [4.69, 9.17) is 0 Å². The molecule has 3 rings (SSSR count). The van der Waals surface area contributed by atoms with Gasteiger partial charge in [-0.3, -0.25) is 0 Å². The Morgan fingerprint density at radius 3 is 2.47 bits per heavy atom. The number of rotatable bonds is 3. The van der Waals surface area contributed by atoms with Gasteiger partial charge in [-0.05, 0) is 11.6 Å². The third kappa shape index (κ3) is 2.50. The number of hydrogen-bond donors (Lipinski definition) is 2. The number of H-pyrrole nitrogens is 1. The van der Waals surface area contributed by atoms with Crippen molar-refractivity contribution in [2.24, 2.45) is 0 Å². The topological polar surface area (TPSA) is 48.9 Å². The van der Waals surface area contributed by atoms with E-state index >= 15 is 0 Å². The van der Waals surface area contributed by atoms with E-state index in [1.165, 1.54) is 0 Å². The summed E-state index contributed by atoms with van der Waals surface area (Å²) in [7, 11) is 0. The number of phenolic OH excluding ortho intramolecular Hbond substituents is 1. The van der Waals surface area contributed by atoms with Crippen molar-refractivity contribution in [2.75, 3.05) is 0 Å². The van der Waals surface area contributed by atoms with Gasteiger partial charge in [0.05, 0.1) is 0 Å². The fourth-order valence-electron chi connectivity index (χ4n) is 2.06. The molecule has 2 aromatic carbocycles. The number of para-hydroxylation sites is 1. The van der Waals surface area contributed by atoms with E-state index in [0.29, 0.717) is 12.2 Å². The molecule has 3 nitrogen and oxygen atoms in total. The van der Waals surface area contributed by atoms with Crippen molar-refractivity contribution >= 4 is 0 Å². The smallest absolute Gasteiger partial charge is 0.137 e. The highest BCUT2D eigenvalue weighted by Crippen LogP contribution is 2.21. The summed E-state index contributed by atoms with van der Waals surface area (Å²) in [6.45, 7) is 0. The SMILES string of the molecule is Oc1ccccc1Cc1cnc(-c2ccccc2)[nH]1. The molecule has 0 fully saturated rings. The molecular weight excluding hydrogens is 236 g/mol. The maximum Gasteiger partial charge on any atom is 0.137 e. The number of imidazole rings is 1. The van der Waals surface area contributed by atoms with Crippen LogP contribution in [0.1, 0.15) is 11.3 Å². The molecule has 0 saturated carbocycles. The second-order valence-electron chi connectivity index (χ2n) is 4.43. The zero-order chi connectivity index (χ0) is 13.1. The van der Waals surface area contributed by atoms with Crippen LogP contribution in [0.5, 0.6) is 5.75 Å². The number of aromatic hydroxyl groups is 1. The first-order valence-corrected chi connectivity index (χ1v) is 6.19. The van der Waals surface area contributed by atoms with Crippen molar-refractivity contribution in [2.45, 2.75) is 6.42 Å². The average Bonchev–Trinajstić information content (AvgIpc) is 2.91. The Morgan fingerprint density at radius 1 is 0.947 bits per heavy atom. The minimum Gasteiger partial charge on any atom is -0.508 e. The Hall–Kier alpha value is -2.55. The molecule has 0 spiro atoms. The van der Waals surface area contributed by atoms with Crippen LogP contribution >= 0.6 is 0 Å². The molecule has 0 saturated heterocycles. The van der Waals surface area contributed by atoms with E-state index in [-0.39, 0.29) is 0 Å². The van der Waals surface area contributed by atoms with Crippen molar-refractivity contribution in [3.05, 3.63) is 72.1 Å². The van der Waals surface area contributed by atoms with Crippen LogP contribution in [0, 0.1) is 0 Å². The third-order valence-electron chi connectivity index (χ3n) is 3.05. The molecule has 94 valence electrons. The first kappa shape index (κ1) is 11.5. The highest BCUT2D eigenvalue weighted by molar-refractivity contribution is 5.54. The molecule has 2 N–H and O–H groups in total. The summed E-state index contributed by atoms with van der Waals surface area (Å²) in [5.74, 6) is 1.17. The lowest BCUT2D eigenvalue weighted by atomic mass is 10.1. The van der Waals surface area contributed by atoms with E-state index in [9.17, 15) is 5.11 Å². The molecule has 19 heavy (non-hydrogen) atoms. The van der Waals surface area contributed by atoms with Gasteiger partial charge in [0.1, 0.15) is 11.6 Å². The molecule has 0 radical (unpaired) electrons. The highest BCUT2D eigenvalue weighted by Gasteiger charge is 2.06. The molecule has 0 atom stereocenters. The third-order valence-corrected chi connectivity index (χ3v) is 3.05. The Kier molecular flexibility index (Phi) is 3.02. The first-order valence-electron chi connectivity index (χ1n) is 6.19. The second-order valence-corrected chi connectivity index (χ2v) is 4.43. The van der Waals surface area contributed by atoms with Gasteiger partial charge in [-0.15, -0.1) is 0 Å². The van der Waals surface area contributed by atoms with Gasteiger partial charge in [-0.1, -0.05) is 48.5 Å². The first-order chi connectivity index (χ1) is 9.33.